The number of carbonyl (C=O) groups excluding carboxylic acids is 1. The number of ether oxygens (including phenoxy) is 1. The van der Waals surface area contributed by atoms with E-state index in [9.17, 15) is 4.79 Å². The monoisotopic (exact) mass is 410 g/mol. The van der Waals surface area contributed by atoms with Crippen LogP contribution in [0.1, 0.15) is 45.1 Å². The molecule has 1 aliphatic rings. The van der Waals surface area contributed by atoms with E-state index < -0.39 is 6.23 Å². The van der Waals surface area contributed by atoms with Crippen molar-refractivity contribution < 1.29 is 13.9 Å². The lowest BCUT2D eigenvalue weighted by Crippen LogP contribution is -2.35. The first-order chi connectivity index (χ1) is 14.2. The topological polar surface area (TPSA) is 81.3 Å². The summed E-state index contributed by atoms with van der Waals surface area (Å²) in [6.45, 7) is 3.67. The van der Waals surface area contributed by atoms with Gasteiger partial charge in [0, 0.05) is 18.2 Å². The van der Waals surface area contributed by atoms with Gasteiger partial charge in [-0.2, -0.15) is 4.98 Å². The molecule has 0 saturated carbocycles. The zero-order chi connectivity index (χ0) is 20.2. The third kappa shape index (κ3) is 3.98. The Balaban J connectivity index is 1.77. The van der Waals surface area contributed by atoms with E-state index >= 15 is 0 Å². The Morgan fingerprint density at radius 3 is 2.79 bits per heavy atom. The summed E-state index contributed by atoms with van der Waals surface area (Å²) in [7, 11) is 0. The minimum atomic E-state index is -0.778. The lowest BCUT2D eigenvalue weighted by molar-refractivity contribution is -0.118. The summed E-state index contributed by atoms with van der Waals surface area (Å²) >= 11 is 1.56. The highest BCUT2D eigenvalue weighted by Gasteiger charge is 2.35. The number of hydrogen-bond donors (Lipinski definition) is 0. The lowest BCUT2D eigenvalue weighted by Gasteiger charge is -2.28. The second-order valence-corrected chi connectivity index (χ2v) is 7.76. The van der Waals surface area contributed by atoms with E-state index in [0.29, 0.717) is 28.2 Å². The van der Waals surface area contributed by atoms with Crippen molar-refractivity contribution in [2.24, 2.45) is 0 Å². The van der Waals surface area contributed by atoms with Crippen LogP contribution in [0.4, 0.5) is 5.69 Å². The number of fused-ring (bicyclic) bond motifs is 3. The van der Waals surface area contributed by atoms with Crippen LogP contribution in [0.25, 0.3) is 11.3 Å². The van der Waals surface area contributed by atoms with Crippen molar-refractivity contribution in [2.75, 3.05) is 10.7 Å². The Morgan fingerprint density at radius 1 is 1.17 bits per heavy atom. The van der Waals surface area contributed by atoms with Crippen LogP contribution in [0, 0.1) is 0 Å². The number of thioether (sulfide) groups is 1. The molecule has 0 aliphatic carbocycles. The van der Waals surface area contributed by atoms with Crippen LogP contribution in [0.15, 0.2) is 52.2 Å². The predicted octanol–water partition coefficient (Wildman–Crippen LogP) is 4.86. The predicted molar refractivity (Wildman–Crippen MR) is 111 cm³/mol. The van der Waals surface area contributed by atoms with Crippen molar-refractivity contribution in [1.29, 1.82) is 0 Å². The minimum absolute atomic E-state index is 0.172. The number of nitrogens with zero attached hydrogens (tertiary/aromatic N) is 4. The molecule has 1 amide bonds. The summed E-state index contributed by atoms with van der Waals surface area (Å²) in [6.07, 6.45) is 4.21. The number of rotatable bonds is 6. The van der Waals surface area contributed by atoms with Crippen molar-refractivity contribution in [3.8, 4) is 17.1 Å². The molecule has 7 nitrogen and oxygen atoms in total. The van der Waals surface area contributed by atoms with Gasteiger partial charge in [-0.3, -0.25) is 9.69 Å². The number of unbranched alkanes of at least 4 members (excludes halogenated alkanes) is 2. The van der Waals surface area contributed by atoms with Crippen molar-refractivity contribution in [3.63, 3.8) is 0 Å². The van der Waals surface area contributed by atoms with Crippen molar-refractivity contribution in [2.45, 2.75) is 44.5 Å². The molecule has 0 saturated heterocycles. The molecule has 0 unspecified atom stereocenters. The molecule has 3 heterocycles. The van der Waals surface area contributed by atoms with Gasteiger partial charge in [0.15, 0.2) is 11.5 Å². The number of para-hydroxylation sites is 1. The van der Waals surface area contributed by atoms with Gasteiger partial charge in [0.05, 0.1) is 12.0 Å². The van der Waals surface area contributed by atoms with E-state index in [2.05, 4.69) is 22.1 Å². The van der Waals surface area contributed by atoms with Gasteiger partial charge in [0.25, 0.3) is 0 Å². The van der Waals surface area contributed by atoms with Crippen LogP contribution >= 0.6 is 11.8 Å². The molecule has 1 aliphatic heterocycles. The van der Waals surface area contributed by atoms with Gasteiger partial charge in [0.1, 0.15) is 0 Å². The second-order valence-electron chi connectivity index (χ2n) is 6.70. The number of amides is 1. The van der Waals surface area contributed by atoms with Crippen LogP contribution in [0.5, 0.6) is 5.88 Å². The molecule has 4 rings (SSSR count). The number of furan rings is 1. The van der Waals surface area contributed by atoms with Gasteiger partial charge in [-0.1, -0.05) is 49.7 Å². The zero-order valence-corrected chi connectivity index (χ0v) is 17.2. The molecule has 1 atom stereocenters. The maximum absolute atomic E-state index is 12.6. The summed E-state index contributed by atoms with van der Waals surface area (Å²) in [4.78, 5) is 18.8. The summed E-state index contributed by atoms with van der Waals surface area (Å²) in [6, 6.07) is 11.1. The highest BCUT2D eigenvalue weighted by Crippen LogP contribution is 2.43. The molecular formula is C21H22N4O3S. The van der Waals surface area contributed by atoms with Crippen LogP contribution in [0.3, 0.4) is 0 Å². The third-order valence-corrected chi connectivity index (χ3v) is 5.54. The molecular weight excluding hydrogens is 388 g/mol. The average Bonchev–Trinajstić information content (AvgIpc) is 3.21. The largest absolute Gasteiger partial charge is 0.463 e. The first kappa shape index (κ1) is 19.4. The fourth-order valence-electron chi connectivity index (χ4n) is 3.25. The summed E-state index contributed by atoms with van der Waals surface area (Å²) < 4.78 is 11.8. The molecule has 150 valence electrons. The molecule has 29 heavy (non-hydrogen) atoms. The number of carbonyl (C=O) groups is 1. The van der Waals surface area contributed by atoms with Crippen LogP contribution < -0.4 is 9.64 Å². The maximum Gasteiger partial charge on any atom is 0.247 e. The summed E-state index contributed by atoms with van der Waals surface area (Å²) in [5.41, 5.74) is 1.94. The molecule has 8 heteroatoms. The molecule has 0 fully saturated rings. The standard InChI is InChI=1S/C21H22N4O3S/c1-3-4-7-13-29-21-22-19-18(23-24-21)15-9-5-6-10-16(15)25(14(2)26)20(28-19)17-11-8-12-27-17/h5-6,8-12,20H,3-4,7,13H2,1-2H3/t20-/m1/s1. The Kier molecular flexibility index (Phi) is 5.80. The van der Waals surface area contributed by atoms with Crippen molar-refractivity contribution in [1.82, 2.24) is 15.2 Å². The second kappa shape index (κ2) is 8.65. The molecule has 2 aromatic heterocycles. The fourth-order valence-corrected chi connectivity index (χ4v) is 4.02. The number of anilines is 1. The molecule has 1 aromatic carbocycles. The first-order valence-corrected chi connectivity index (χ1v) is 10.6. The zero-order valence-electron chi connectivity index (χ0n) is 16.4. The van der Waals surface area contributed by atoms with Gasteiger partial charge in [-0.15, -0.1) is 10.2 Å². The van der Waals surface area contributed by atoms with Crippen molar-refractivity contribution in [3.05, 3.63) is 48.4 Å². The number of hydrogen-bond acceptors (Lipinski definition) is 7. The van der Waals surface area contributed by atoms with Crippen LogP contribution in [-0.2, 0) is 4.79 Å². The first-order valence-electron chi connectivity index (χ1n) is 9.65. The van der Waals surface area contributed by atoms with E-state index in [1.54, 1.807) is 35.1 Å². The average molecular weight is 410 g/mol. The van der Waals surface area contributed by atoms with Gasteiger partial charge < -0.3 is 9.15 Å². The van der Waals surface area contributed by atoms with E-state index in [-0.39, 0.29) is 5.91 Å². The van der Waals surface area contributed by atoms with E-state index in [1.807, 2.05) is 24.3 Å². The van der Waals surface area contributed by atoms with Gasteiger partial charge >= 0.3 is 0 Å². The van der Waals surface area contributed by atoms with E-state index in [4.69, 9.17) is 9.15 Å². The normalized spacial score (nSPS) is 15.2. The lowest BCUT2D eigenvalue weighted by atomic mass is 10.1. The highest BCUT2D eigenvalue weighted by atomic mass is 32.2. The molecule has 0 bridgehead atoms. The third-order valence-electron chi connectivity index (χ3n) is 4.62. The van der Waals surface area contributed by atoms with Gasteiger partial charge in [-0.05, 0) is 24.6 Å². The number of aromatic nitrogens is 3. The van der Waals surface area contributed by atoms with E-state index in [1.165, 1.54) is 13.3 Å². The fraction of sp³-hybridized carbons (Fsp3) is 0.333. The smallest absolute Gasteiger partial charge is 0.247 e. The molecule has 3 aromatic rings. The summed E-state index contributed by atoms with van der Waals surface area (Å²) in [5, 5.41) is 9.25. The molecule has 0 spiro atoms. The van der Waals surface area contributed by atoms with Gasteiger partial charge in [-0.25, -0.2) is 0 Å². The van der Waals surface area contributed by atoms with Crippen LogP contribution in [-0.4, -0.2) is 26.8 Å². The number of benzene rings is 1. The Bertz CT molecular complexity index is 993. The van der Waals surface area contributed by atoms with Crippen molar-refractivity contribution >= 4 is 23.4 Å². The van der Waals surface area contributed by atoms with E-state index in [0.717, 1.165) is 24.2 Å². The molecule has 0 radical (unpaired) electrons. The SMILES string of the molecule is CCCCCSc1nnc2c(n1)O[C@H](c1ccco1)N(C(C)=O)c1ccccc1-2. The van der Waals surface area contributed by atoms with Crippen LogP contribution in [0.2, 0.25) is 0 Å². The Labute approximate surface area is 173 Å². The minimum Gasteiger partial charge on any atom is -0.463 e. The summed E-state index contributed by atoms with van der Waals surface area (Å²) in [5.74, 6) is 1.61. The Hall–Kier alpha value is -2.87. The highest BCUT2D eigenvalue weighted by molar-refractivity contribution is 7.99. The maximum atomic E-state index is 12.6. The molecule has 0 N–H and O–H groups in total. The quantitative estimate of drug-likeness (QED) is 0.424. The Morgan fingerprint density at radius 2 is 2.03 bits per heavy atom. The van der Waals surface area contributed by atoms with Gasteiger partial charge in [0.2, 0.25) is 23.2 Å².